The third-order valence-corrected chi connectivity index (χ3v) is 6.85. The van der Waals surface area contributed by atoms with Crippen molar-refractivity contribution < 1.29 is 19.1 Å². The first kappa shape index (κ1) is 23.5. The molecule has 2 saturated carbocycles. The van der Waals surface area contributed by atoms with Gasteiger partial charge in [-0.2, -0.15) is 5.26 Å². The van der Waals surface area contributed by atoms with E-state index in [1.807, 2.05) is 12.1 Å². The summed E-state index contributed by atoms with van der Waals surface area (Å²) in [5.41, 5.74) is 0.549. The van der Waals surface area contributed by atoms with Crippen molar-refractivity contribution in [2.24, 2.45) is 11.8 Å². The number of hydrogen-bond acceptors (Lipinski definition) is 6. The van der Waals surface area contributed by atoms with Gasteiger partial charge in [-0.15, -0.1) is 0 Å². The lowest BCUT2D eigenvalue weighted by molar-refractivity contribution is -0.127. The summed E-state index contributed by atoms with van der Waals surface area (Å²) >= 11 is 0. The second kappa shape index (κ2) is 11.5. The average Bonchev–Trinajstić information content (AvgIpc) is 3.69. The standard InChI is InChI=1S/C25H34N4O4/c26-17-23(18-5-6-18)28-25(31)21-3-1-2-4-22(21)27-24(30)19-7-9-20(10-8-19)33-16-13-29-11-14-32-15-12-29/h7-10,18,21-23H,1-6,11-16H2,(H,27,30)(H,28,31)/t21-,22+,23?/m1/s1. The number of carbonyl (C=O) groups excluding carboxylic acids is 2. The van der Waals surface area contributed by atoms with E-state index in [1.165, 1.54) is 0 Å². The van der Waals surface area contributed by atoms with Crippen LogP contribution in [0.3, 0.4) is 0 Å². The van der Waals surface area contributed by atoms with Gasteiger partial charge in [-0.25, -0.2) is 0 Å². The zero-order chi connectivity index (χ0) is 23.0. The normalized spacial score (nSPS) is 24.3. The van der Waals surface area contributed by atoms with Gasteiger partial charge in [0.1, 0.15) is 18.4 Å². The predicted molar refractivity (Wildman–Crippen MR) is 123 cm³/mol. The van der Waals surface area contributed by atoms with Gasteiger partial charge in [0.15, 0.2) is 0 Å². The largest absolute Gasteiger partial charge is 0.492 e. The molecule has 1 saturated heterocycles. The second-order valence-corrected chi connectivity index (χ2v) is 9.25. The average molecular weight is 455 g/mol. The molecule has 0 spiro atoms. The van der Waals surface area contributed by atoms with Crippen LogP contribution in [0.5, 0.6) is 5.75 Å². The molecule has 2 amide bonds. The Hall–Kier alpha value is -2.63. The van der Waals surface area contributed by atoms with E-state index in [-0.39, 0.29) is 29.7 Å². The highest BCUT2D eigenvalue weighted by Gasteiger charge is 2.37. The van der Waals surface area contributed by atoms with Gasteiger partial charge < -0.3 is 20.1 Å². The number of ether oxygens (including phenoxy) is 2. The summed E-state index contributed by atoms with van der Waals surface area (Å²) in [5, 5.41) is 15.3. The number of morpholine rings is 1. The molecule has 3 atom stereocenters. The van der Waals surface area contributed by atoms with Crippen LogP contribution < -0.4 is 15.4 Å². The van der Waals surface area contributed by atoms with E-state index in [9.17, 15) is 14.9 Å². The number of nitriles is 1. The summed E-state index contributed by atoms with van der Waals surface area (Å²) in [7, 11) is 0. The van der Waals surface area contributed by atoms with Crippen LogP contribution in [-0.4, -0.2) is 68.3 Å². The van der Waals surface area contributed by atoms with Crippen molar-refractivity contribution in [1.82, 2.24) is 15.5 Å². The highest BCUT2D eigenvalue weighted by molar-refractivity contribution is 5.95. The Kier molecular flexibility index (Phi) is 8.19. The van der Waals surface area contributed by atoms with Crippen LogP contribution in [-0.2, 0) is 9.53 Å². The summed E-state index contributed by atoms with van der Waals surface area (Å²) in [6, 6.07) is 8.73. The van der Waals surface area contributed by atoms with E-state index in [4.69, 9.17) is 9.47 Å². The Bertz CT molecular complexity index is 843. The smallest absolute Gasteiger partial charge is 0.251 e. The molecule has 0 aromatic heterocycles. The van der Waals surface area contributed by atoms with Gasteiger partial charge >= 0.3 is 0 Å². The topological polar surface area (TPSA) is 104 Å². The summed E-state index contributed by atoms with van der Waals surface area (Å²) < 4.78 is 11.2. The van der Waals surface area contributed by atoms with Crippen LogP contribution >= 0.6 is 0 Å². The van der Waals surface area contributed by atoms with E-state index in [0.29, 0.717) is 12.2 Å². The monoisotopic (exact) mass is 454 g/mol. The Balaban J connectivity index is 1.26. The number of nitrogens with one attached hydrogen (secondary N) is 2. The third-order valence-electron chi connectivity index (χ3n) is 6.85. The Morgan fingerprint density at radius 1 is 1.12 bits per heavy atom. The molecule has 1 unspecified atom stereocenters. The number of hydrogen-bond donors (Lipinski definition) is 2. The highest BCUT2D eigenvalue weighted by atomic mass is 16.5. The summed E-state index contributed by atoms with van der Waals surface area (Å²) in [5.74, 6) is 0.434. The number of benzene rings is 1. The molecule has 1 aliphatic heterocycles. The van der Waals surface area contributed by atoms with Crippen LogP contribution in [0.2, 0.25) is 0 Å². The minimum Gasteiger partial charge on any atom is -0.492 e. The first-order chi connectivity index (χ1) is 16.1. The molecule has 1 heterocycles. The first-order valence-corrected chi connectivity index (χ1v) is 12.2. The SMILES string of the molecule is N#CC(NC(=O)[C@@H]1CCCC[C@@H]1NC(=O)c1ccc(OCCN2CCOCC2)cc1)C1CC1. The van der Waals surface area contributed by atoms with E-state index in [1.54, 1.807) is 12.1 Å². The maximum absolute atomic E-state index is 12.9. The molecular formula is C25H34N4O4. The maximum atomic E-state index is 12.9. The maximum Gasteiger partial charge on any atom is 0.251 e. The minimum atomic E-state index is -0.411. The number of carbonyl (C=O) groups is 2. The predicted octanol–water partition coefficient (Wildman–Crippen LogP) is 2.10. The minimum absolute atomic E-state index is 0.109. The van der Waals surface area contributed by atoms with E-state index >= 15 is 0 Å². The van der Waals surface area contributed by atoms with Crippen molar-refractivity contribution in [3.63, 3.8) is 0 Å². The number of nitrogens with zero attached hydrogens (tertiary/aromatic N) is 2. The van der Waals surface area contributed by atoms with Gasteiger partial charge in [-0.3, -0.25) is 14.5 Å². The molecule has 2 N–H and O–H groups in total. The molecule has 8 heteroatoms. The molecule has 3 aliphatic rings. The fourth-order valence-electron chi connectivity index (χ4n) is 4.63. The van der Waals surface area contributed by atoms with Crippen LogP contribution in [0.15, 0.2) is 24.3 Å². The molecule has 2 aliphatic carbocycles. The summed E-state index contributed by atoms with van der Waals surface area (Å²) in [4.78, 5) is 28.0. The van der Waals surface area contributed by atoms with Gasteiger partial charge in [0.05, 0.1) is 25.2 Å². The summed E-state index contributed by atoms with van der Waals surface area (Å²) in [6.45, 7) is 4.85. The number of rotatable bonds is 9. The summed E-state index contributed by atoms with van der Waals surface area (Å²) in [6.07, 6.45) is 5.44. The van der Waals surface area contributed by atoms with Crippen molar-refractivity contribution >= 4 is 11.8 Å². The molecular weight excluding hydrogens is 420 g/mol. The zero-order valence-corrected chi connectivity index (χ0v) is 19.1. The van der Waals surface area contributed by atoms with Crippen molar-refractivity contribution in [2.45, 2.75) is 50.6 Å². The van der Waals surface area contributed by atoms with Gasteiger partial charge in [-0.1, -0.05) is 12.8 Å². The Morgan fingerprint density at radius 3 is 2.55 bits per heavy atom. The quantitative estimate of drug-likeness (QED) is 0.592. The molecule has 0 radical (unpaired) electrons. The highest BCUT2D eigenvalue weighted by Crippen LogP contribution is 2.33. The van der Waals surface area contributed by atoms with E-state index < -0.39 is 6.04 Å². The van der Waals surface area contributed by atoms with Crippen LogP contribution in [0.4, 0.5) is 0 Å². The lowest BCUT2D eigenvalue weighted by atomic mass is 9.83. The molecule has 1 aromatic carbocycles. The van der Waals surface area contributed by atoms with Crippen molar-refractivity contribution in [3.8, 4) is 11.8 Å². The van der Waals surface area contributed by atoms with E-state index in [2.05, 4.69) is 21.6 Å². The number of amides is 2. The molecule has 33 heavy (non-hydrogen) atoms. The lowest BCUT2D eigenvalue weighted by Crippen LogP contribution is -2.50. The van der Waals surface area contributed by atoms with Gasteiger partial charge in [0.2, 0.25) is 5.91 Å². The van der Waals surface area contributed by atoms with Crippen LogP contribution in [0.25, 0.3) is 0 Å². The van der Waals surface area contributed by atoms with Gasteiger partial charge in [0, 0.05) is 31.2 Å². The molecule has 1 aromatic rings. The van der Waals surface area contributed by atoms with Gasteiger partial charge in [-0.05, 0) is 55.9 Å². The Morgan fingerprint density at radius 2 is 1.85 bits per heavy atom. The van der Waals surface area contributed by atoms with Crippen molar-refractivity contribution in [1.29, 1.82) is 5.26 Å². The zero-order valence-electron chi connectivity index (χ0n) is 19.1. The third kappa shape index (κ3) is 6.68. The van der Waals surface area contributed by atoms with Crippen LogP contribution in [0, 0.1) is 23.2 Å². The molecule has 0 bridgehead atoms. The van der Waals surface area contributed by atoms with Gasteiger partial charge in [0.25, 0.3) is 5.91 Å². The Labute approximate surface area is 195 Å². The molecule has 178 valence electrons. The van der Waals surface area contributed by atoms with E-state index in [0.717, 1.165) is 77.1 Å². The second-order valence-electron chi connectivity index (χ2n) is 9.25. The molecule has 4 rings (SSSR count). The molecule has 3 fully saturated rings. The van der Waals surface area contributed by atoms with Crippen molar-refractivity contribution in [3.05, 3.63) is 29.8 Å². The fourth-order valence-corrected chi connectivity index (χ4v) is 4.63. The fraction of sp³-hybridized carbons (Fsp3) is 0.640. The first-order valence-electron chi connectivity index (χ1n) is 12.2. The van der Waals surface area contributed by atoms with Crippen molar-refractivity contribution in [2.75, 3.05) is 39.5 Å². The lowest BCUT2D eigenvalue weighted by Gasteiger charge is -2.32. The van der Waals surface area contributed by atoms with Crippen LogP contribution in [0.1, 0.15) is 48.9 Å². The molecule has 8 nitrogen and oxygen atoms in total.